The van der Waals surface area contributed by atoms with Crippen LogP contribution in [0.3, 0.4) is 0 Å². The number of hydrogen-bond donors (Lipinski definition) is 2. The van der Waals surface area contributed by atoms with E-state index in [4.69, 9.17) is 0 Å². The van der Waals surface area contributed by atoms with Crippen LogP contribution in [0.15, 0.2) is 36.8 Å². The van der Waals surface area contributed by atoms with Crippen molar-refractivity contribution in [1.29, 1.82) is 0 Å². The number of H-pyrrole nitrogens is 1. The molecule has 6 nitrogen and oxygen atoms in total. The molecule has 22 heavy (non-hydrogen) atoms. The predicted octanol–water partition coefficient (Wildman–Crippen LogP) is 3.68. The first-order valence-corrected chi connectivity index (χ1v) is 7.67. The van der Waals surface area contributed by atoms with Crippen LogP contribution in [0.25, 0.3) is 0 Å². The molecule has 1 heterocycles. The summed E-state index contributed by atoms with van der Waals surface area (Å²) < 4.78 is 0. The third-order valence-electron chi connectivity index (χ3n) is 4.36. The molecule has 1 aliphatic rings. The topological polar surface area (TPSA) is 83.8 Å². The molecule has 1 saturated carbocycles. The number of anilines is 1. The van der Waals surface area contributed by atoms with Crippen molar-refractivity contribution >= 4 is 11.4 Å². The molecular formula is C16H20N4O2. The number of nitrogens with zero attached hydrogens (tertiary/aromatic N) is 2. The first-order valence-electron chi connectivity index (χ1n) is 7.67. The molecule has 1 aromatic carbocycles. The standard InChI is InChI=1S/C16H20N4O2/c21-20(22)15-6-4-5-13(9-15)19-16(7-2-1-3-8-16)10-14-11-17-12-18-14/h4-6,9,11-12,19H,1-3,7-8,10H2,(H,17,18). The Morgan fingerprint density at radius 2 is 2.14 bits per heavy atom. The van der Waals surface area contributed by atoms with E-state index >= 15 is 0 Å². The van der Waals surface area contributed by atoms with Crippen LogP contribution in [0, 0.1) is 10.1 Å². The van der Waals surface area contributed by atoms with Gasteiger partial charge in [0.25, 0.3) is 5.69 Å². The van der Waals surface area contributed by atoms with Crippen molar-refractivity contribution in [2.75, 3.05) is 5.32 Å². The highest BCUT2D eigenvalue weighted by Crippen LogP contribution is 2.35. The van der Waals surface area contributed by atoms with E-state index in [2.05, 4.69) is 15.3 Å². The lowest BCUT2D eigenvalue weighted by atomic mass is 9.78. The van der Waals surface area contributed by atoms with Crippen molar-refractivity contribution in [2.24, 2.45) is 0 Å². The van der Waals surface area contributed by atoms with E-state index in [-0.39, 0.29) is 16.1 Å². The van der Waals surface area contributed by atoms with E-state index in [9.17, 15) is 10.1 Å². The molecule has 0 amide bonds. The molecular weight excluding hydrogens is 280 g/mol. The average molecular weight is 300 g/mol. The normalized spacial score (nSPS) is 17.1. The number of nitro benzene ring substituents is 1. The lowest BCUT2D eigenvalue weighted by molar-refractivity contribution is -0.384. The Labute approximate surface area is 129 Å². The Hall–Kier alpha value is -2.37. The molecule has 1 aromatic heterocycles. The van der Waals surface area contributed by atoms with E-state index in [0.717, 1.165) is 30.6 Å². The summed E-state index contributed by atoms with van der Waals surface area (Å²) in [5, 5.41) is 14.5. The molecule has 2 N–H and O–H groups in total. The molecule has 6 heteroatoms. The second-order valence-electron chi connectivity index (χ2n) is 6.03. The van der Waals surface area contributed by atoms with Gasteiger partial charge in [-0.15, -0.1) is 0 Å². The van der Waals surface area contributed by atoms with Crippen molar-refractivity contribution in [3.05, 3.63) is 52.6 Å². The lowest BCUT2D eigenvalue weighted by Crippen LogP contribution is -2.42. The molecule has 1 aliphatic carbocycles. The number of nitro groups is 1. The van der Waals surface area contributed by atoms with Crippen LogP contribution in [0.4, 0.5) is 11.4 Å². The van der Waals surface area contributed by atoms with Gasteiger partial charge in [0.2, 0.25) is 0 Å². The molecule has 0 aliphatic heterocycles. The molecule has 0 unspecified atom stereocenters. The van der Waals surface area contributed by atoms with Gasteiger partial charge in [-0.3, -0.25) is 10.1 Å². The fourth-order valence-corrected chi connectivity index (χ4v) is 3.32. The summed E-state index contributed by atoms with van der Waals surface area (Å²) in [6.45, 7) is 0. The van der Waals surface area contributed by atoms with Gasteiger partial charge in [0, 0.05) is 41.7 Å². The number of hydrogen-bond acceptors (Lipinski definition) is 4. The van der Waals surface area contributed by atoms with Gasteiger partial charge >= 0.3 is 0 Å². The fraction of sp³-hybridized carbons (Fsp3) is 0.438. The SMILES string of the molecule is O=[N+]([O-])c1cccc(NC2(Cc3cnc[nH]3)CCCCC2)c1. The van der Waals surface area contributed by atoms with Crippen LogP contribution in [-0.2, 0) is 6.42 Å². The number of aromatic amines is 1. The fourth-order valence-electron chi connectivity index (χ4n) is 3.32. The Balaban J connectivity index is 1.83. The summed E-state index contributed by atoms with van der Waals surface area (Å²) >= 11 is 0. The van der Waals surface area contributed by atoms with Crippen LogP contribution in [0.1, 0.15) is 37.8 Å². The molecule has 2 aromatic rings. The van der Waals surface area contributed by atoms with Gasteiger partial charge in [-0.25, -0.2) is 4.98 Å². The maximum Gasteiger partial charge on any atom is 0.271 e. The van der Waals surface area contributed by atoms with Gasteiger partial charge in [-0.05, 0) is 18.9 Å². The van der Waals surface area contributed by atoms with Gasteiger partial charge < -0.3 is 10.3 Å². The quantitative estimate of drug-likeness (QED) is 0.651. The highest BCUT2D eigenvalue weighted by molar-refractivity contribution is 5.52. The zero-order valence-electron chi connectivity index (χ0n) is 12.4. The van der Waals surface area contributed by atoms with Crippen LogP contribution < -0.4 is 5.32 Å². The molecule has 3 rings (SSSR count). The molecule has 0 spiro atoms. The predicted molar refractivity (Wildman–Crippen MR) is 84.8 cm³/mol. The van der Waals surface area contributed by atoms with Gasteiger partial charge in [0.15, 0.2) is 0 Å². The first kappa shape index (κ1) is 14.6. The number of aromatic nitrogens is 2. The molecule has 0 atom stereocenters. The van der Waals surface area contributed by atoms with Gasteiger partial charge in [-0.1, -0.05) is 25.3 Å². The first-order chi connectivity index (χ1) is 10.7. The minimum Gasteiger partial charge on any atom is -0.379 e. The summed E-state index contributed by atoms with van der Waals surface area (Å²) in [6, 6.07) is 6.76. The molecule has 0 saturated heterocycles. The van der Waals surface area contributed by atoms with Crippen molar-refractivity contribution in [3.63, 3.8) is 0 Å². The summed E-state index contributed by atoms with van der Waals surface area (Å²) in [5.41, 5.74) is 1.98. The molecule has 0 radical (unpaired) electrons. The second-order valence-corrected chi connectivity index (χ2v) is 6.03. The Kier molecular flexibility index (Phi) is 4.09. The van der Waals surface area contributed by atoms with Crippen LogP contribution >= 0.6 is 0 Å². The molecule has 1 fully saturated rings. The van der Waals surface area contributed by atoms with Crippen molar-refractivity contribution in [3.8, 4) is 0 Å². The number of imidazole rings is 1. The van der Waals surface area contributed by atoms with E-state index in [1.165, 1.54) is 25.3 Å². The van der Waals surface area contributed by atoms with Gasteiger partial charge in [0.05, 0.1) is 11.3 Å². The van der Waals surface area contributed by atoms with Crippen LogP contribution in [0.2, 0.25) is 0 Å². The monoisotopic (exact) mass is 300 g/mol. The van der Waals surface area contributed by atoms with E-state index in [1.807, 2.05) is 12.3 Å². The Bertz CT molecular complexity index is 633. The van der Waals surface area contributed by atoms with Crippen molar-refractivity contribution < 1.29 is 4.92 Å². The highest BCUT2D eigenvalue weighted by Gasteiger charge is 2.32. The summed E-state index contributed by atoms with van der Waals surface area (Å²) in [7, 11) is 0. The van der Waals surface area contributed by atoms with Gasteiger partial charge in [-0.2, -0.15) is 0 Å². The molecule has 116 valence electrons. The third kappa shape index (κ3) is 3.27. The number of rotatable bonds is 5. The Morgan fingerprint density at radius 1 is 1.32 bits per heavy atom. The third-order valence-corrected chi connectivity index (χ3v) is 4.36. The van der Waals surface area contributed by atoms with Gasteiger partial charge in [0.1, 0.15) is 0 Å². The second kappa shape index (κ2) is 6.17. The zero-order valence-corrected chi connectivity index (χ0v) is 12.4. The number of nitrogens with one attached hydrogen (secondary N) is 2. The van der Waals surface area contributed by atoms with Crippen LogP contribution in [-0.4, -0.2) is 20.4 Å². The summed E-state index contributed by atoms with van der Waals surface area (Å²) in [6.07, 6.45) is 10.1. The van der Waals surface area contributed by atoms with Crippen molar-refractivity contribution in [1.82, 2.24) is 9.97 Å². The summed E-state index contributed by atoms with van der Waals surface area (Å²) in [4.78, 5) is 17.8. The molecule has 0 bridgehead atoms. The smallest absolute Gasteiger partial charge is 0.271 e. The number of non-ortho nitro benzene ring substituents is 1. The Morgan fingerprint density at radius 3 is 2.82 bits per heavy atom. The zero-order chi connectivity index (χ0) is 15.4. The van der Waals surface area contributed by atoms with E-state index in [1.54, 1.807) is 18.5 Å². The lowest BCUT2D eigenvalue weighted by Gasteiger charge is -2.39. The average Bonchev–Trinajstić information content (AvgIpc) is 3.01. The highest BCUT2D eigenvalue weighted by atomic mass is 16.6. The van der Waals surface area contributed by atoms with Crippen molar-refractivity contribution in [2.45, 2.75) is 44.1 Å². The minimum atomic E-state index is -0.354. The van der Waals surface area contributed by atoms with Crippen LogP contribution in [0.5, 0.6) is 0 Å². The minimum absolute atomic E-state index is 0.0556. The maximum atomic E-state index is 10.9. The van der Waals surface area contributed by atoms with E-state index < -0.39 is 0 Å². The summed E-state index contributed by atoms with van der Waals surface area (Å²) in [5.74, 6) is 0. The largest absolute Gasteiger partial charge is 0.379 e. The number of benzene rings is 1. The van der Waals surface area contributed by atoms with E-state index in [0.29, 0.717) is 0 Å². The maximum absolute atomic E-state index is 10.9.